The molecule has 0 amide bonds. The number of aliphatic hydroxyl groups is 2. The van der Waals surface area contributed by atoms with Gasteiger partial charge in [0.05, 0.1) is 13.2 Å². The maximum atomic E-state index is 7.62. The van der Waals surface area contributed by atoms with Crippen LogP contribution in [-0.2, 0) is 0 Å². The van der Waals surface area contributed by atoms with Crippen LogP contribution in [-0.4, -0.2) is 57.9 Å². The molecule has 0 spiro atoms. The summed E-state index contributed by atoms with van der Waals surface area (Å²) in [5.74, 6) is 7.19. The highest BCUT2D eigenvalue weighted by molar-refractivity contribution is 8.79. The standard InChI is InChI=1S/C12H26.C11H24.C10H22.C9H20.C8H18.C7H16.6C3H4S2.C2H6O2/c1-3-5-7-9-11-12-10-8-6-4-2;1-3-5-7-9-11-10-8-6-4-2;1-3-5-7-9-10-8-6-4-2;1-3-5-7-9-8-6-4-2;1-3-5-7-8-6-4-2;1-3-5-7-6-4-2;6*1-2-4-5-3-1;3-1-2-4/h3-12H2,1-2H3;3-11H2,1-2H3;3-10H2,1-2H3;3-9H2,1-2H3;3-8H2,1-2H3;3-7H2,1-2H3;6*1-2H,3H2;3-4H,1-2H2. The summed E-state index contributed by atoms with van der Waals surface area (Å²) in [7, 11) is 22.1. The van der Waals surface area contributed by atoms with Crippen molar-refractivity contribution in [2.75, 3.05) is 47.7 Å². The molecule has 6 aliphatic rings. The van der Waals surface area contributed by atoms with Crippen LogP contribution in [0, 0.1) is 0 Å². The highest BCUT2D eigenvalue weighted by atomic mass is 33.1. The quantitative estimate of drug-likeness (QED) is 0.0452. The lowest BCUT2D eigenvalue weighted by Gasteiger charge is -1.99. The summed E-state index contributed by atoms with van der Waals surface area (Å²) in [4.78, 5) is 0. The Morgan fingerprint density at radius 1 is 0.176 bits per heavy atom. The Hall–Kier alpha value is 2.56. The van der Waals surface area contributed by atoms with Gasteiger partial charge >= 0.3 is 0 Å². The number of rotatable bonds is 40. The highest BCUT2D eigenvalue weighted by Crippen LogP contribution is 2.30. The van der Waals surface area contributed by atoms with Gasteiger partial charge in [0.2, 0.25) is 0 Å². The van der Waals surface area contributed by atoms with Gasteiger partial charge in [-0.1, -0.05) is 538 Å². The Balaban J connectivity index is -0.000000170. The van der Waals surface area contributed by atoms with Crippen molar-refractivity contribution < 1.29 is 10.2 Å². The van der Waals surface area contributed by atoms with E-state index in [1.807, 2.05) is 130 Å². The summed E-state index contributed by atoms with van der Waals surface area (Å²) in [6, 6.07) is 0. The van der Waals surface area contributed by atoms with Crippen molar-refractivity contribution in [2.24, 2.45) is 0 Å². The van der Waals surface area contributed by atoms with Crippen LogP contribution in [0.4, 0.5) is 0 Å². The Kier molecular flexibility index (Phi) is 144. The molecule has 14 heteroatoms. The van der Waals surface area contributed by atoms with Crippen LogP contribution >= 0.6 is 130 Å². The molecule has 0 aromatic heterocycles. The van der Waals surface area contributed by atoms with Crippen molar-refractivity contribution in [1.29, 1.82) is 0 Å². The molecule has 91 heavy (non-hydrogen) atoms. The van der Waals surface area contributed by atoms with Crippen molar-refractivity contribution in [3.8, 4) is 0 Å². The van der Waals surface area contributed by atoms with Crippen LogP contribution < -0.4 is 0 Å². The van der Waals surface area contributed by atoms with E-state index < -0.39 is 0 Å². The van der Waals surface area contributed by atoms with E-state index in [2.05, 4.69) is 152 Å². The molecular formula is C77H156O2S12. The first-order valence-electron chi connectivity index (χ1n) is 37.7. The topological polar surface area (TPSA) is 40.5 Å². The molecule has 0 bridgehead atoms. The van der Waals surface area contributed by atoms with E-state index in [4.69, 9.17) is 10.2 Å². The summed E-state index contributed by atoms with van der Waals surface area (Å²) >= 11 is 0. The van der Waals surface area contributed by atoms with Gasteiger partial charge in [-0.25, -0.2) is 0 Å². The lowest BCUT2D eigenvalue weighted by molar-refractivity contribution is 0.186. The molecule has 0 aromatic carbocycles. The zero-order valence-corrected chi connectivity index (χ0v) is 72.0. The average Bonchev–Trinajstić information content (AvgIpc) is 4.44. The predicted molar refractivity (Wildman–Crippen MR) is 465 cm³/mol. The molecule has 0 unspecified atom stereocenters. The van der Waals surface area contributed by atoms with Gasteiger partial charge in [-0.15, -0.1) is 0 Å². The molecule has 0 saturated heterocycles. The second-order valence-electron chi connectivity index (χ2n) is 22.6. The van der Waals surface area contributed by atoms with E-state index in [1.165, 1.54) is 323 Å². The molecule has 6 aliphatic heterocycles. The van der Waals surface area contributed by atoms with Crippen molar-refractivity contribution in [2.45, 2.75) is 372 Å². The first kappa shape index (κ1) is 107. The summed E-state index contributed by atoms with van der Waals surface area (Å²) < 4.78 is 0. The molecule has 0 aliphatic carbocycles. The fraction of sp³-hybridized carbons (Fsp3) is 0.844. The molecule has 2 nitrogen and oxygen atoms in total. The van der Waals surface area contributed by atoms with Crippen LogP contribution in [0.5, 0.6) is 0 Å². The maximum Gasteiger partial charge on any atom is 0.0662 e. The lowest BCUT2D eigenvalue weighted by atomic mass is 10.1. The Morgan fingerprint density at radius 2 is 0.275 bits per heavy atom. The largest absolute Gasteiger partial charge is 0.394 e. The average molecular weight is 1500 g/mol. The first-order chi connectivity index (χ1) is 44.9. The minimum Gasteiger partial charge on any atom is -0.394 e. The van der Waals surface area contributed by atoms with Crippen molar-refractivity contribution in [1.82, 2.24) is 0 Å². The fourth-order valence-electron chi connectivity index (χ4n) is 7.89. The summed E-state index contributed by atoms with van der Waals surface area (Å²) in [5, 5.41) is 27.9. The van der Waals surface area contributed by atoms with Gasteiger partial charge in [-0.2, -0.15) is 0 Å². The third-order valence-corrected chi connectivity index (χ3v) is 24.9. The van der Waals surface area contributed by atoms with E-state index in [0.29, 0.717) is 0 Å². The van der Waals surface area contributed by atoms with E-state index >= 15 is 0 Å². The molecule has 0 aromatic rings. The van der Waals surface area contributed by atoms with Crippen LogP contribution in [0.15, 0.2) is 68.9 Å². The molecule has 2 N–H and O–H groups in total. The van der Waals surface area contributed by atoms with E-state index in [9.17, 15) is 0 Å². The van der Waals surface area contributed by atoms with Crippen molar-refractivity contribution in [3.05, 3.63) is 68.9 Å². The van der Waals surface area contributed by atoms with Gasteiger partial charge < -0.3 is 10.2 Å². The van der Waals surface area contributed by atoms with Gasteiger partial charge in [0.1, 0.15) is 0 Å². The van der Waals surface area contributed by atoms with Crippen LogP contribution in [0.3, 0.4) is 0 Å². The van der Waals surface area contributed by atoms with Crippen molar-refractivity contribution in [3.63, 3.8) is 0 Å². The first-order valence-corrected chi connectivity index (χ1v) is 52.0. The second-order valence-corrected chi connectivity index (χ2v) is 36.5. The molecule has 0 saturated carbocycles. The third kappa shape index (κ3) is 144. The van der Waals surface area contributed by atoms with Crippen molar-refractivity contribution >= 4 is 130 Å². The molecule has 6 heterocycles. The SMILES string of the molecule is C1=CSSC1.C1=CSSC1.C1=CSSC1.C1=CSSC1.C1=CSSC1.C1=CSSC1.CCCCCCC.CCCCCCCC.CCCCCCCCC.CCCCCCCCCC.CCCCCCCCCCC.CCCCCCCCCCCC.OCCO. The number of unbranched alkanes of at least 4 members (excludes halogenated alkanes) is 39. The summed E-state index contributed by atoms with van der Waals surface area (Å²) in [6.45, 7) is 26.9. The highest BCUT2D eigenvalue weighted by Gasteiger charge is 1.94. The summed E-state index contributed by atoms with van der Waals surface area (Å²) in [5.41, 5.74) is 0. The molecule has 548 valence electrons. The zero-order valence-electron chi connectivity index (χ0n) is 62.2. The van der Waals surface area contributed by atoms with Crippen LogP contribution in [0.2, 0.25) is 0 Å². The van der Waals surface area contributed by atoms with Crippen LogP contribution in [0.1, 0.15) is 372 Å². The Bertz CT molecular complexity index is 1080. The Labute approximate surface area is 622 Å². The Morgan fingerprint density at radius 3 is 0.330 bits per heavy atom. The molecule has 0 radical (unpaired) electrons. The summed E-state index contributed by atoms with van der Waals surface area (Å²) in [6.07, 6.45) is 77.3. The molecule has 6 rings (SSSR count). The molecular weight excluding hydrogens is 1340 g/mol. The minimum atomic E-state index is -0.125. The number of aliphatic hydroxyl groups excluding tert-OH is 2. The predicted octanol–water partition coefficient (Wildman–Crippen LogP) is 34.1. The van der Waals surface area contributed by atoms with Crippen LogP contribution in [0.25, 0.3) is 0 Å². The van der Waals surface area contributed by atoms with Gasteiger partial charge in [0.25, 0.3) is 0 Å². The lowest BCUT2D eigenvalue weighted by Crippen LogP contribution is -1.85. The molecule has 0 fully saturated rings. The van der Waals surface area contributed by atoms with E-state index in [-0.39, 0.29) is 13.2 Å². The van der Waals surface area contributed by atoms with Gasteiger partial charge in [-0.3, -0.25) is 0 Å². The number of hydrogen-bond donors (Lipinski definition) is 2. The van der Waals surface area contributed by atoms with E-state index in [1.54, 1.807) is 0 Å². The monoisotopic (exact) mass is 1500 g/mol. The molecule has 0 atom stereocenters. The maximum absolute atomic E-state index is 7.62. The minimum absolute atomic E-state index is 0.125. The smallest absolute Gasteiger partial charge is 0.0662 e. The fourth-order valence-corrected chi connectivity index (χ4v) is 17.3. The van der Waals surface area contributed by atoms with Gasteiger partial charge in [-0.05, 0) is 32.4 Å². The number of hydrogen-bond acceptors (Lipinski definition) is 14. The van der Waals surface area contributed by atoms with Gasteiger partial charge in [0, 0.05) is 34.5 Å². The van der Waals surface area contributed by atoms with E-state index in [0.717, 1.165) is 0 Å². The normalized spacial score (nSPS) is 13.5. The second kappa shape index (κ2) is 123. The third-order valence-electron chi connectivity index (χ3n) is 13.4. The van der Waals surface area contributed by atoms with Gasteiger partial charge in [0.15, 0.2) is 0 Å². The zero-order chi connectivity index (χ0) is 68.4.